The van der Waals surface area contributed by atoms with Gasteiger partial charge >= 0.3 is 0 Å². The molecular weight excluding hydrogens is 140 g/mol. The maximum absolute atomic E-state index is 3.82. The molecule has 2 nitrogen and oxygen atoms in total. The molecule has 0 rings (SSSR count). The summed E-state index contributed by atoms with van der Waals surface area (Å²) in [4.78, 5) is 2.32. The zero-order chi connectivity index (χ0) is 7.98. The van der Waals surface area contributed by atoms with Crippen molar-refractivity contribution in [1.82, 2.24) is 10.2 Å². The maximum atomic E-state index is 3.82. The van der Waals surface area contributed by atoms with E-state index in [4.69, 9.17) is 0 Å². The molecule has 10 heavy (non-hydrogen) atoms. The normalized spacial score (nSPS) is 10.3. The van der Waals surface area contributed by atoms with Crippen molar-refractivity contribution in [1.29, 1.82) is 0 Å². The highest BCUT2D eigenvalue weighted by molar-refractivity contribution is 6.20. The van der Waals surface area contributed by atoms with Crippen molar-refractivity contribution >= 4 is 10.2 Å². The van der Waals surface area contributed by atoms with Gasteiger partial charge in [0, 0.05) is 0 Å². The zero-order valence-corrected chi connectivity index (χ0v) is 9.28. The fourth-order valence-corrected chi connectivity index (χ4v) is 0.852. The Bertz CT molecular complexity index is 99.8. The van der Waals surface area contributed by atoms with Gasteiger partial charge in [-0.05, 0) is 18.4 Å². The van der Waals surface area contributed by atoms with E-state index in [1.165, 1.54) is 5.32 Å². The van der Waals surface area contributed by atoms with Crippen LogP contribution in [0.4, 0.5) is 0 Å². The van der Waals surface area contributed by atoms with Crippen LogP contribution in [0.3, 0.4) is 0 Å². The molecule has 0 saturated carbocycles. The van der Waals surface area contributed by atoms with Gasteiger partial charge in [0.2, 0.25) is 0 Å². The molecule has 0 heterocycles. The smallest absolute Gasteiger partial charge is 0.0671 e. The quantitative estimate of drug-likeness (QED) is 0.437. The van der Waals surface area contributed by atoms with E-state index in [-0.39, 0.29) is 0 Å². The molecular formula is C7H18N2Si. The summed E-state index contributed by atoms with van der Waals surface area (Å²) in [6, 6.07) is 0. The Morgan fingerprint density at radius 1 is 1.50 bits per heavy atom. The first-order valence-corrected chi connectivity index (χ1v) is 4.82. The summed E-state index contributed by atoms with van der Waals surface area (Å²) in [6.07, 6.45) is 0. The Kier molecular flexibility index (Phi) is 5.34. The summed E-state index contributed by atoms with van der Waals surface area (Å²) in [7, 11) is 1.05. The van der Waals surface area contributed by atoms with Crippen LogP contribution in [-0.4, -0.2) is 34.9 Å². The average Bonchev–Trinajstić information content (AvgIpc) is 1.90. The van der Waals surface area contributed by atoms with Crippen molar-refractivity contribution in [2.45, 2.75) is 13.8 Å². The topological polar surface area (TPSA) is 15.3 Å². The third kappa shape index (κ3) is 4.58. The highest BCUT2D eigenvalue weighted by Gasteiger charge is 1.94. The summed E-state index contributed by atoms with van der Waals surface area (Å²) in [5.74, 6) is 0. The molecule has 0 aromatic carbocycles. The van der Waals surface area contributed by atoms with Crippen molar-refractivity contribution < 1.29 is 0 Å². The standard InChI is InChI=1S/C7H18N2Si/c1-4-9(5-2)6-8-7(3)10/h8H,3-6H2,1-2,10H3. The van der Waals surface area contributed by atoms with E-state index in [0.29, 0.717) is 0 Å². The van der Waals surface area contributed by atoms with Crippen molar-refractivity contribution in [3.8, 4) is 0 Å². The summed E-state index contributed by atoms with van der Waals surface area (Å²) in [5, 5.41) is 4.41. The number of rotatable bonds is 5. The molecule has 3 heteroatoms. The van der Waals surface area contributed by atoms with Crippen LogP contribution >= 0.6 is 0 Å². The molecule has 0 atom stereocenters. The SMILES string of the molecule is C=C([SiH3])NCN(CC)CC. The van der Waals surface area contributed by atoms with E-state index in [2.05, 4.69) is 30.6 Å². The third-order valence-electron chi connectivity index (χ3n) is 1.50. The summed E-state index contributed by atoms with van der Waals surface area (Å²) in [5.41, 5.74) is 0. The summed E-state index contributed by atoms with van der Waals surface area (Å²) >= 11 is 0. The van der Waals surface area contributed by atoms with Gasteiger partial charge in [0.25, 0.3) is 0 Å². The van der Waals surface area contributed by atoms with Gasteiger partial charge in [-0.15, -0.1) is 0 Å². The zero-order valence-electron chi connectivity index (χ0n) is 7.28. The van der Waals surface area contributed by atoms with Crippen LogP contribution in [0.1, 0.15) is 13.8 Å². The summed E-state index contributed by atoms with van der Waals surface area (Å²) in [6.45, 7) is 11.3. The number of nitrogens with zero attached hydrogens (tertiary/aromatic N) is 1. The molecule has 0 aliphatic heterocycles. The summed E-state index contributed by atoms with van der Waals surface area (Å²) < 4.78 is 0. The lowest BCUT2D eigenvalue weighted by Crippen LogP contribution is -2.33. The fraction of sp³-hybridized carbons (Fsp3) is 0.714. The van der Waals surface area contributed by atoms with Gasteiger partial charge < -0.3 is 5.32 Å². The van der Waals surface area contributed by atoms with Gasteiger partial charge in [0.05, 0.1) is 16.9 Å². The Hall–Kier alpha value is -0.283. The first-order valence-electron chi connectivity index (χ1n) is 3.82. The van der Waals surface area contributed by atoms with Crippen LogP contribution in [0.25, 0.3) is 0 Å². The molecule has 0 aromatic rings. The lowest BCUT2D eigenvalue weighted by molar-refractivity contribution is 0.292. The molecule has 0 bridgehead atoms. The van der Waals surface area contributed by atoms with E-state index >= 15 is 0 Å². The van der Waals surface area contributed by atoms with Crippen LogP contribution in [0.5, 0.6) is 0 Å². The van der Waals surface area contributed by atoms with Crippen LogP contribution in [0.2, 0.25) is 0 Å². The van der Waals surface area contributed by atoms with Gasteiger partial charge in [-0.2, -0.15) is 0 Å². The van der Waals surface area contributed by atoms with Crippen molar-refractivity contribution in [2.24, 2.45) is 0 Å². The molecule has 60 valence electrons. The van der Waals surface area contributed by atoms with Gasteiger partial charge in [0.15, 0.2) is 0 Å². The minimum absolute atomic E-state index is 0.954. The van der Waals surface area contributed by atoms with Crippen LogP contribution in [0.15, 0.2) is 11.9 Å². The van der Waals surface area contributed by atoms with Gasteiger partial charge in [-0.1, -0.05) is 20.4 Å². The van der Waals surface area contributed by atoms with Crippen molar-refractivity contribution in [3.05, 3.63) is 11.9 Å². The predicted octanol–water partition coefficient (Wildman–Crippen LogP) is -0.288. The van der Waals surface area contributed by atoms with Crippen molar-refractivity contribution in [3.63, 3.8) is 0 Å². The first-order chi connectivity index (χ1) is 4.70. The number of hydrogen-bond donors (Lipinski definition) is 1. The first kappa shape index (κ1) is 9.72. The van der Waals surface area contributed by atoms with Crippen LogP contribution < -0.4 is 5.32 Å². The van der Waals surface area contributed by atoms with E-state index in [1.54, 1.807) is 0 Å². The van der Waals surface area contributed by atoms with E-state index in [0.717, 1.165) is 30.0 Å². The molecule has 0 spiro atoms. The minimum Gasteiger partial charge on any atom is -0.381 e. The fourth-order valence-electron chi connectivity index (χ4n) is 0.694. The molecule has 0 fully saturated rings. The van der Waals surface area contributed by atoms with Crippen LogP contribution in [0, 0.1) is 0 Å². The Balaban J connectivity index is 3.34. The third-order valence-corrected chi connectivity index (χ3v) is 1.85. The van der Waals surface area contributed by atoms with E-state index in [9.17, 15) is 0 Å². The largest absolute Gasteiger partial charge is 0.381 e. The van der Waals surface area contributed by atoms with Gasteiger partial charge in [0.1, 0.15) is 0 Å². The molecule has 1 N–H and O–H groups in total. The van der Waals surface area contributed by atoms with Gasteiger partial charge in [-0.25, -0.2) is 0 Å². The lowest BCUT2D eigenvalue weighted by Gasteiger charge is -2.18. The number of nitrogens with one attached hydrogen (secondary N) is 1. The monoisotopic (exact) mass is 158 g/mol. The maximum Gasteiger partial charge on any atom is 0.0671 e. The molecule has 0 saturated heterocycles. The van der Waals surface area contributed by atoms with E-state index < -0.39 is 0 Å². The Morgan fingerprint density at radius 3 is 2.30 bits per heavy atom. The second kappa shape index (κ2) is 5.50. The molecule has 0 radical (unpaired) electrons. The second-order valence-electron chi connectivity index (χ2n) is 2.42. The predicted molar refractivity (Wildman–Crippen MR) is 50.0 cm³/mol. The highest BCUT2D eigenvalue weighted by atomic mass is 28.1. The highest BCUT2D eigenvalue weighted by Crippen LogP contribution is 1.83. The Labute approximate surface area is 66.7 Å². The van der Waals surface area contributed by atoms with Crippen molar-refractivity contribution in [2.75, 3.05) is 19.8 Å². The van der Waals surface area contributed by atoms with Crippen LogP contribution in [-0.2, 0) is 0 Å². The molecule has 0 aromatic heterocycles. The number of hydrogen-bond acceptors (Lipinski definition) is 2. The van der Waals surface area contributed by atoms with Gasteiger partial charge in [-0.3, -0.25) is 4.90 Å². The molecule has 0 amide bonds. The minimum atomic E-state index is 0.954. The average molecular weight is 158 g/mol. The molecule has 0 aliphatic rings. The lowest BCUT2D eigenvalue weighted by atomic mass is 10.5. The molecule has 0 aliphatic carbocycles. The van der Waals surface area contributed by atoms with E-state index in [1.807, 2.05) is 0 Å². The Morgan fingerprint density at radius 2 is 2.00 bits per heavy atom. The molecule has 0 unspecified atom stereocenters. The second-order valence-corrected chi connectivity index (χ2v) is 3.63.